The SMILES string of the molecule is O=C(NCCN1CCN(C(=O)c2ccsc2)CC1)c1c[nH]c2ccccc12. The van der Waals surface area contributed by atoms with Crippen molar-refractivity contribution in [2.75, 3.05) is 39.3 Å². The van der Waals surface area contributed by atoms with Crippen LogP contribution in [-0.4, -0.2) is 65.9 Å². The number of H-pyrrole nitrogens is 1. The Balaban J connectivity index is 1.23. The van der Waals surface area contributed by atoms with Crippen LogP contribution in [0.2, 0.25) is 0 Å². The van der Waals surface area contributed by atoms with Crippen molar-refractivity contribution in [3.63, 3.8) is 0 Å². The number of fused-ring (bicyclic) bond motifs is 1. The molecule has 27 heavy (non-hydrogen) atoms. The topological polar surface area (TPSA) is 68.4 Å². The van der Waals surface area contributed by atoms with Gasteiger partial charge in [-0.1, -0.05) is 18.2 Å². The maximum atomic E-state index is 12.4. The van der Waals surface area contributed by atoms with Gasteiger partial charge in [0.2, 0.25) is 0 Å². The molecule has 0 radical (unpaired) electrons. The van der Waals surface area contributed by atoms with Crippen LogP contribution in [0.4, 0.5) is 0 Å². The molecule has 0 saturated carbocycles. The van der Waals surface area contributed by atoms with Crippen LogP contribution < -0.4 is 5.32 Å². The maximum absolute atomic E-state index is 12.4. The molecule has 3 aromatic rings. The van der Waals surface area contributed by atoms with E-state index in [1.54, 1.807) is 17.5 Å². The van der Waals surface area contributed by atoms with Gasteiger partial charge in [0.1, 0.15) is 0 Å². The molecular weight excluding hydrogens is 360 g/mol. The van der Waals surface area contributed by atoms with Crippen LogP contribution in [0, 0.1) is 0 Å². The van der Waals surface area contributed by atoms with Gasteiger partial charge in [0.15, 0.2) is 0 Å². The van der Waals surface area contributed by atoms with Crippen LogP contribution in [0.15, 0.2) is 47.3 Å². The number of hydrogen-bond acceptors (Lipinski definition) is 4. The summed E-state index contributed by atoms with van der Waals surface area (Å²) in [5.74, 6) is 0.0576. The highest BCUT2D eigenvalue weighted by atomic mass is 32.1. The number of carbonyl (C=O) groups excluding carboxylic acids is 2. The fourth-order valence-corrected chi connectivity index (χ4v) is 4.06. The van der Waals surface area contributed by atoms with Gasteiger partial charge in [0, 0.05) is 61.7 Å². The summed E-state index contributed by atoms with van der Waals surface area (Å²) >= 11 is 1.55. The van der Waals surface area contributed by atoms with Crippen molar-refractivity contribution in [3.8, 4) is 0 Å². The number of hydrogen-bond donors (Lipinski definition) is 2. The van der Waals surface area contributed by atoms with Crippen LogP contribution >= 0.6 is 11.3 Å². The third kappa shape index (κ3) is 3.89. The first-order valence-corrected chi connectivity index (χ1v) is 10.0. The summed E-state index contributed by atoms with van der Waals surface area (Å²) in [5, 5.41) is 7.77. The summed E-state index contributed by atoms with van der Waals surface area (Å²) in [6, 6.07) is 9.67. The molecule has 0 atom stereocenters. The van der Waals surface area contributed by atoms with E-state index in [-0.39, 0.29) is 11.8 Å². The number of nitrogens with zero attached hydrogens (tertiary/aromatic N) is 2. The van der Waals surface area contributed by atoms with E-state index in [0.717, 1.165) is 49.2 Å². The van der Waals surface area contributed by atoms with E-state index >= 15 is 0 Å². The number of nitrogens with one attached hydrogen (secondary N) is 2. The summed E-state index contributed by atoms with van der Waals surface area (Å²) in [5.41, 5.74) is 2.42. The van der Waals surface area contributed by atoms with E-state index in [1.165, 1.54) is 0 Å². The monoisotopic (exact) mass is 382 g/mol. The third-order valence-corrected chi connectivity index (χ3v) is 5.66. The van der Waals surface area contributed by atoms with E-state index < -0.39 is 0 Å². The van der Waals surface area contributed by atoms with E-state index in [2.05, 4.69) is 15.2 Å². The average molecular weight is 382 g/mol. The van der Waals surface area contributed by atoms with Gasteiger partial charge in [0.05, 0.1) is 11.1 Å². The number of rotatable bonds is 5. The lowest BCUT2D eigenvalue weighted by Crippen LogP contribution is -2.50. The number of benzene rings is 1. The lowest BCUT2D eigenvalue weighted by atomic mass is 10.1. The molecule has 140 valence electrons. The number of aromatic amines is 1. The fraction of sp³-hybridized carbons (Fsp3) is 0.300. The van der Waals surface area contributed by atoms with Crippen LogP contribution in [-0.2, 0) is 0 Å². The van der Waals surface area contributed by atoms with E-state index in [1.807, 2.05) is 46.0 Å². The Labute approximate surface area is 161 Å². The van der Waals surface area contributed by atoms with Gasteiger partial charge >= 0.3 is 0 Å². The largest absolute Gasteiger partial charge is 0.360 e. The van der Waals surface area contributed by atoms with E-state index in [9.17, 15) is 9.59 Å². The van der Waals surface area contributed by atoms with Crippen LogP contribution in [0.1, 0.15) is 20.7 Å². The molecule has 2 aromatic heterocycles. The number of para-hydroxylation sites is 1. The minimum Gasteiger partial charge on any atom is -0.360 e. The average Bonchev–Trinajstić information content (AvgIpc) is 3.38. The minimum absolute atomic E-state index is 0.0567. The molecule has 7 heteroatoms. The zero-order chi connectivity index (χ0) is 18.6. The maximum Gasteiger partial charge on any atom is 0.254 e. The van der Waals surface area contributed by atoms with Crippen LogP contribution in [0.5, 0.6) is 0 Å². The van der Waals surface area contributed by atoms with Gasteiger partial charge in [0.25, 0.3) is 11.8 Å². The van der Waals surface area contributed by atoms with Crippen molar-refractivity contribution in [1.29, 1.82) is 0 Å². The number of carbonyl (C=O) groups is 2. The summed E-state index contributed by atoms with van der Waals surface area (Å²) < 4.78 is 0. The quantitative estimate of drug-likeness (QED) is 0.712. The second-order valence-electron chi connectivity index (χ2n) is 6.65. The molecule has 0 bridgehead atoms. The Morgan fingerprint density at radius 2 is 1.93 bits per heavy atom. The summed E-state index contributed by atoms with van der Waals surface area (Å²) in [6.07, 6.45) is 1.76. The zero-order valence-corrected chi connectivity index (χ0v) is 15.8. The normalized spacial score (nSPS) is 15.2. The molecule has 0 aliphatic carbocycles. The Kier molecular flexibility index (Phi) is 5.22. The minimum atomic E-state index is -0.0567. The highest BCUT2D eigenvalue weighted by molar-refractivity contribution is 7.08. The summed E-state index contributed by atoms with van der Waals surface area (Å²) in [6.45, 7) is 4.50. The smallest absolute Gasteiger partial charge is 0.254 e. The lowest BCUT2D eigenvalue weighted by molar-refractivity contribution is 0.0638. The zero-order valence-electron chi connectivity index (χ0n) is 15.0. The van der Waals surface area contributed by atoms with Crippen molar-refractivity contribution < 1.29 is 9.59 Å². The van der Waals surface area contributed by atoms with Gasteiger partial charge in [-0.25, -0.2) is 0 Å². The molecule has 2 N–H and O–H groups in total. The number of piperazine rings is 1. The second kappa shape index (κ2) is 7.94. The summed E-state index contributed by atoms with van der Waals surface area (Å²) in [4.78, 5) is 32.1. The lowest BCUT2D eigenvalue weighted by Gasteiger charge is -2.34. The third-order valence-electron chi connectivity index (χ3n) is 4.98. The molecule has 1 aliphatic heterocycles. The molecule has 1 fully saturated rings. The van der Waals surface area contributed by atoms with Crippen molar-refractivity contribution >= 4 is 34.1 Å². The van der Waals surface area contributed by atoms with Gasteiger partial charge in [-0.15, -0.1) is 0 Å². The number of aromatic nitrogens is 1. The highest BCUT2D eigenvalue weighted by Gasteiger charge is 2.22. The molecule has 3 heterocycles. The van der Waals surface area contributed by atoms with Gasteiger partial charge in [-0.3, -0.25) is 14.5 Å². The first kappa shape index (κ1) is 17.8. The fourth-order valence-electron chi connectivity index (χ4n) is 3.43. The van der Waals surface area contributed by atoms with Crippen molar-refractivity contribution in [2.45, 2.75) is 0 Å². The van der Waals surface area contributed by atoms with Gasteiger partial charge < -0.3 is 15.2 Å². The second-order valence-corrected chi connectivity index (χ2v) is 7.43. The molecule has 1 saturated heterocycles. The van der Waals surface area contributed by atoms with Gasteiger partial charge in [-0.05, 0) is 17.5 Å². The Morgan fingerprint density at radius 3 is 2.70 bits per heavy atom. The van der Waals surface area contributed by atoms with E-state index in [4.69, 9.17) is 0 Å². The van der Waals surface area contributed by atoms with Gasteiger partial charge in [-0.2, -0.15) is 11.3 Å². The molecule has 0 spiro atoms. The standard InChI is InChI=1S/C20H22N4O2S/c25-19(17-13-22-18-4-2-1-3-16(17)18)21-6-7-23-8-10-24(11-9-23)20(26)15-5-12-27-14-15/h1-5,12-14,22H,6-11H2,(H,21,25). The van der Waals surface area contributed by atoms with Crippen molar-refractivity contribution in [3.05, 3.63) is 58.4 Å². The van der Waals surface area contributed by atoms with Crippen LogP contribution in [0.3, 0.4) is 0 Å². The first-order chi connectivity index (χ1) is 13.2. The molecule has 4 rings (SSSR count). The predicted octanol–water partition coefficient (Wildman–Crippen LogP) is 2.42. The predicted molar refractivity (Wildman–Crippen MR) is 107 cm³/mol. The molecule has 1 aliphatic rings. The Bertz CT molecular complexity index is 927. The Morgan fingerprint density at radius 1 is 1.11 bits per heavy atom. The summed E-state index contributed by atoms with van der Waals surface area (Å²) in [7, 11) is 0. The molecule has 6 nitrogen and oxygen atoms in total. The van der Waals surface area contributed by atoms with Crippen molar-refractivity contribution in [2.24, 2.45) is 0 Å². The molecule has 0 unspecified atom stereocenters. The Hall–Kier alpha value is -2.64. The molecule has 1 aromatic carbocycles. The highest BCUT2D eigenvalue weighted by Crippen LogP contribution is 2.17. The molecule has 2 amide bonds. The van der Waals surface area contributed by atoms with Crippen LogP contribution in [0.25, 0.3) is 10.9 Å². The van der Waals surface area contributed by atoms with Crippen molar-refractivity contribution in [1.82, 2.24) is 20.1 Å². The first-order valence-electron chi connectivity index (χ1n) is 9.10. The molecular formula is C20H22N4O2S. The van der Waals surface area contributed by atoms with E-state index in [0.29, 0.717) is 12.1 Å². The number of amides is 2. The number of thiophene rings is 1.